The van der Waals surface area contributed by atoms with Crippen molar-refractivity contribution in [2.24, 2.45) is 0 Å². The molecule has 0 aliphatic carbocycles. The average molecular weight is 552 g/mol. The minimum atomic E-state index is -4.24. The number of nitrogens with one attached hydrogen (secondary N) is 1. The van der Waals surface area contributed by atoms with E-state index in [0.29, 0.717) is 0 Å². The second-order valence-electron chi connectivity index (χ2n) is 7.83. The molecule has 190 valence electrons. The number of halogens is 3. The van der Waals surface area contributed by atoms with Gasteiger partial charge in [0.2, 0.25) is 11.8 Å². The van der Waals surface area contributed by atoms with E-state index in [1.54, 1.807) is 24.3 Å². The summed E-state index contributed by atoms with van der Waals surface area (Å²) in [5.41, 5.74) is 0.272. The Morgan fingerprint density at radius 2 is 1.61 bits per heavy atom. The Hall–Kier alpha value is -3.14. The predicted molar refractivity (Wildman–Crippen MR) is 138 cm³/mol. The van der Waals surface area contributed by atoms with E-state index in [-0.39, 0.29) is 32.7 Å². The lowest BCUT2D eigenvalue weighted by molar-refractivity contribution is -0.139. The van der Waals surface area contributed by atoms with Crippen LogP contribution in [0.4, 0.5) is 10.1 Å². The van der Waals surface area contributed by atoms with Crippen molar-refractivity contribution in [1.29, 1.82) is 0 Å². The molecular formula is C25H24Cl2FN3O4S. The minimum absolute atomic E-state index is 0.0520. The van der Waals surface area contributed by atoms with Crippen LogP contribution in [0.15, 0.2) is 77.7 Å². The summed E-state index contributed by atoms with van der Waals surface area (Å²) in [6, 6.07) is 16.6. The van der Waals surface area contributed by atoms with Crippen LogP contribution >= 0.6 is 23.2 Å². The van der Waals surface area contributed by atoms with Crippen molar-refractivity contribution < 1.29 is 22.4 Å². The van der Waals surface area contributed by atoms with Gasteiger partial charge >= 0.3 is 0 Å². The van der Waals surface area contributed by atoms with Crippen LogP contribution in [0, 0.1) is 5.82 Å². The maximum Gasteiger partial charge on any atom is 0.264 e. The van der Waals surface area contributed by atoms with Gasteiger partial charge in [-0.3, -0.25) is 13.9 Å². The highest BCUT2D eigenvalue weighted by Gasteiger charge is 2.32. The molecule has 3 aromatic carbocycles. The van der Waals surface area contributed by atoms with Crippen LogP contribution < -0.4 is 9.62 Å². The molecule has 36 heavy (non-hydrogen) atoms. The molecule has 0 aliphatic heterocycles. The highest BCUT2D eigenvalue weighted by molar-refractivity contribution is 7.92. The van der Waals surface area contributed by atoms with Crippen LogP contribution in [0.2, 0.25) is 10.0 Å². The van der Waals surface area contributed by atoms with Crippen molar-refractivity contribution in [3.05, 3.63) is 94.2 Å². The van der Waals surface area contributed by atoms with Crippen LogP contribution in [0.5, 0.6) is 0 Å². The highest BCUT2D eigenvalue weighted by atomic mass is 35.5. The molecule has 3 aromatic rings. The molecule has 0 saturated heterocycles. The van der Waals surface area contributed by atoms with Crippen molar-refractivity contribution in [2.75, 3.05) is 17.9 Å². The number of hydrogen-bond acceptors (Lipinski definition) is 4. The van der Waals surface area contributed by atoms with E-state index in [2.05, 4.69) is 5.32 Å². The Balaban J connectivity index is 2.06. The maximum atomic E-state index is 14.4. The number of likely N-dealkylation sites (N-methyl/N-ethyl adjacent to an activating group) is 1. The fourth-order valence-electron chi connectivity index (χ4n) is 3.49. The molecule has 0 unspecified atom stereocenters. The van der Waals surface area contributed by atoms with Gasteiger partial charge in [-0.1, -0.05) is 59.6 Å². The zero-order valence-corrected chi connectivity index (χ0v) is 21.8. The first kappa shape index (κ1) is 27.4. The lowest BCUT2D eigenvalue weighted by Gasteiger charge is -2.32. The van der Waals surface area contributed by atoms with Crippen LogP contribution in [-0.4, -0.2) is 44.8 Å². The van der Waals surface area contributed by atoms with E-state index in [4.69, 9.17) is 23.2 Å². The van der Waals surface area contributed by atoms with Crippen LogP contribution in [-0.2, 0) is 26.2 Å². The lowest BCUT2D eigenvalue weighted by Crippen LogP contribution is -2.50. The van der Waals surface area contributed by atoms with Gasteiger partial charge in [0.1, 0.15) is 18.4 Å². The highest BCUT2D eigenvalue weighted by Crippen LogP contribution is 2.31. The van der Waals surface area contributed by atoms with Gasteiger partial charge in [-0.25, -0.2) is 12.8 Å². The zero-order chi connectivity index (χ0) is 26.5. The first-order valence-corrected chi connectivity index (χ1v) is 13.0. The second kappa shape index (κ2) is 11.7. The Bertz CT molecular complexity index is 1360. The summed E-state index contributed by atoms with van der Waals surface area (Å²) in [7, 11) is -2.83. The van der Waals surface area contributed by atoms with E-state index < -0.39 is 40.2 Å². The Labute approximate surface area is 219 Å². The molecule has 11 heteroatoms. The summed E-state index contributed by atoms with van der Waals surface area (Å²) in [5, 5.41) is 2.77. The summed E-state index contributed by atoms with van der Waals surface area (Å²) in [5.74, 6) is -1.77. The zero-order valence-electron chi connectivity index (χ0n) is 19.5. The van der Waals surface area contributed by atoms with E-state index >= 15 is 0 Å². The number of sulfonamides is 1. The summed E-state index contributed by atoms with van der Waals surface area (Å²) in [6.45, 7) is 0.554. The first-order valence-electron chi connectivity index (χ1n) is 10.8. The molecule has 0 radical (unpaired) electrons. The number of benzene rings is 3. The van der Waals surface area contributed by atoms with Crippen LogP contribution in [0.1, 0.15) is 12.5 Å². The predicted octanol–water partition coefficient (Wildman–Crippen LogP) is 4.49. The third kappa shape index (κ3) is 6.16. The molecule has 0 saturated carbocycles. The molecule has 7 nitrogen and oxygen atoms in total. The summed E-state index contributed by atoms with van der Waals surface area (Å²) < 4.78 is 42.5. The normalized spacial score (nSPS) is 12.0. The fourth-order valence-corrected chi connectivity index (χ4v) is 5.21. The topological polar surface area (TPSA) is 86.8 Å². The minimum Gasteiger partial charge on any atom is -0.357 e. The lowest BCUT2D eigenvalue weighted by atomic mass is 10.1. The number of anilines is 1. The fraction of sp³-hybridized carbons (Fsp3) is 0.200. The van der Waals surface area contributed by atoms with Crippen molar-refractivity contribution in [3.8, 4) is 0 Å². The Kier molecular flexibility index (Phi) is 8.94. The van der Waals surface area contributed by atoms with Gasteiger partial charge in [0.25, 0.3) is 10.0 Å². The van der Waals surface area contributed by atoms with Gasteiger partial charge in [0, 0.05) is 19.2 Å². The van der Waals surface area contributed by atoms with Gasteiger partial charge in [-0.05, 0) is 43.3 Å². The number of carbonyl (C=O) groups is 2. The van der Waals surface area contributed by atoms with Gasteiger partial charge in [0.05, 0.1) is 20.6 Å². The quantitative estimate of drug-likeness (QED) is 0.424. The molecule has 0 bridgehead atoms. The van der Waals surface area contributed by atoms with Gasteiger partial charge in [-0.15, -0.1) is 0 Å². The van der Waals surface area contributed by atoms with Gasteiger partial charge < -0.3 is 10.2 Å². The Morgan fingerprint density at radius 3 is 2.22 bits per heavy atom. The van der Waals surface area contributed by atoms with Gasteiger partial charge in [0.15, 0.2) is 0 Å². The standard InChI is InChI=1S/C25H24Cl2FN3O4S/c1-17(25(33)29-2)30(15-18-8-6-7-11-23(18)28)24(32)16-31(19-12-13-21(26)22(27)14-19)36(34,35)20-9-4-3-5-10-20/h3-14,17H,15-16H2,1-2H3,(H,29,33)/t17-/m1/s1. The molecule has 0 fully saturated rings. The van der Waals surface area contributed by atoms with Crippen molar-refractivity contribution in [1.82, 2.24) is 10.2 Å². The van der Waals surface area contributed by atoms with Gasteiger partial charge in [-0.2, -0.15) is 0 Å². The van der Waals surface area contributed by atoms with E-state index in [9.17, 15) is 22.4 Å². The van der Waals surface area contributed by atoms with Crippen molar-refractivity contribution in [3.63, 3.8) is 0 Å². The summed E-state index contributed by atoms with van der Waals surface area (Å²) >= 11 is 12.2. The molecule has 0 heterocycles. The third-order valence-corrected chi connectivity index (χ3v) is 8.04. The molecule has 3 rings (SSSR count). The largest absolute Gasteiger partial charge is 0.357 e. The molecule has 0 aliphatic rings. The van der Waals surface area contributed by atoms with E-state index in [1.165, 1.54) is 62.5 Å². The van der Waals surface area contributed by atoms with Crippen LogP contribution in [0.25, 0.3) is 0 Å². The smallest absolute Gasteiger partial charge is 0.264 e. The number of rotatable bonds is 9. The number of carbonyl (C=O) groups excluding carboxylic acids is 2. The number of hydrogen-bond donors (Lipinski definition) is 1. The van der Waals surface area contributed by atoms with Crippen LogP contribution in [0.3, 0.4) is 0 Å². The first-order chi connectivity index (χ1) is 17.1. The molecule has 1 atom stereocenters. The molecule has 0 spiro atoms. The van der Waals surface area contributed by atoms with Crippen molar-refractivity contribution in [2.45, 2.75) is 24.4 Å². The second-order valence-corrected chi connectivity index (χ2v) is 10.5. The third-order valence-electron chi connectivity index (χ3n) is 5.51. The Morgan fingerprint density at radius 1 is 0.972 bits per heavy atom. The number of nitrogens with zero attached hydrogens (tertiary/aromatic N) is 2. The summed E-state index contributed by atoms with van der Waals surface area (Å²) in [4.78, 5) is 27.1. The maximum absolute atomic E-state index is 14.4. The average Bonchev–Trinajstić information content (AvgIpc) is 2.87. The molecule has 1 N–H and O–H groups in total. The number of amides is 2. The molecule has 0 aromatic heterocycles. The van der Waals surface area contributed by atoms with E-state index in [1.807, 2.05) is 0 Å². The molecule has 2 amide bonds. The summed E-state index contributed by atoms with van der Waals surface area (Å²) in [6.07, 6.45) is 0. The monoisotopic (exact) mass is 551 g/mol. The SMILES string of the molecule is CNC(=O)[C@@H](C)N(Cc1ccccc1F)C(=O)CN(c1ccc(Cl)c(Cl)c1)S(=O)(=O)c1ccccc1. The van der Waals surface area contributed by atoms with E-state index in [0.717, 1.165) is 9.21 Å². The van der Waals surface area contributed by atoms with Crippen molar-refractivity contribution >= 4 is 50.7 Å². The molecular weight excluding hydrogens is 528 g/mol.